The molecule has 0 bridgehead atoms. The van der Waals surface area contributed by atoms with Gasteiger partial charge in [0.2, 0.25) is 0 Å². The summed E-state index contributed by atoms with van der Waals surface area (Å²) >= 11 is 8.36. The molecule has 1 aromatic heterocycles. The van der Waals surface area contributed by atoms with Gasteiger partial charge in [-0.15, -0.1) is 12.6 Å². The molecule has 3 N–H and O–H groups in total. The molecular formula is C12H18N2O3S2. The zero-order valence-corrected chi connectivity index (χ0v) is 12.2. The van der Waals surface area contributed by atoms with E-state index in [1.54, 1.807) is 12.3 Å². The van der Waals surface area contributed by atoms with Gasteiger partial charge in [0.05, 0.1) is 18.3 Å². The highest BCUT2D eigenvalue weighted by atomic mass is 32.1. The molecule has 1 rings (SSSR count). The molecule has 0 radical (unpaired) electrons. The van der Waals surface area contributed by atoms with E-state index in [1.165, 1.54) is 6.20 Å². The SMILES string of the molecule is NC(=O)c1cnccc1CCC(S)OC(CO)CS. The first-order valence-corrected chi connectivity index (χ1v) is 7.01. The maximum Gasteiger partial charge on any atom is 0.250 e. The predicted octanol–water partition coefficient (Wildman–Crippen LogP) is 0.676. The number of aliphatic hydroxyl groups is 1. The Hall–Kier alpha value is -0.760. The number of ether oxygens (including phenoxy) is 1. The molecule has 0 aliphatic rings. The average Bonchev–Trinajstić information content (AvgIpc) is 2.42. The Labute approximate surface area is 123 Å². The summed E-state index contributed by atoms with van der Waals surface area (Å²) < 4.78 is 5.48. The number of aryl methyl sites for hydroxylation is 1. The van der Waals surface area contributed by atoms with E-state index in [0.717, 1.165) is 5.56 Å². The molecule has 1 heterocycles. The molecule has 2 unspecified atom stereocenters. The molecule has 0 aliphatic carbocycles. The second-order valence-electron chi connectivity index (χ2n) is 4.01. The van der Waals surface area contributed by atoms with Gasteiger partial charge in [-0.1, -0.05) is 0 Å². The summed E-state index contributed by atoms with van der Waals surface area (Å²) in [6.07, 6.45) is 3.92. The summed E-state index contributed by atoms with van der Waals surface area (Å²) in [7, 11) is 0. The molecule has 0 saturated carbocycles. The lowest BCUT2D eigenvalue weighted by Gasteiger charge is -2.18. The van der Waals surface area contributed by atoms with E-state index < -0.39 is 5.91 Å². The van der Waals surface area contributed by atoms with Gasteiger partial charge in [0.15, 0.2) is 0 Å². The lowest BCUT2D eigenvalue weighted by Crippen LogP contribution is -2.24. The number of primary amides is 1. The molecule has 5 nitrogen and oxygen atoms in total. The molecular weight excluding hydrogens is 284 g/mol. The van der Waals surface area contributed by atoms with E-state index in [1.807, 2.05) is 0 Å². The van der Waals surface area contributed by atoms with Crippen LogP contribution in [0.2, 0.25) is 0 Å². The monoisotopic (exact) mass is 302 g/mol. The Morgan fingerprint density at radius 1 is 1.58 bits per heavy atom. The fourth-order valence-corrected chi connectivity index (χ4v) is 2.08. The number of hydrogen-bond acceptors (Lipinski definition) is 6. The number of nitrogens with two attached hydrogens (primary N) is 1. The van der Waals surface area contributed by atoms with Gasteiger partial charge < -0.3 is 15.6 Å². The molecule has 0 aromatic carbocycles. The average molecular weight is 302 g/mol. The van der Waals surface area contributed by atoms with Crippen LogP contribution in [0.4, 0.5) is 0 Å². The summed E-state index contributed by atoms with van der Waals surface area (Å²) in [5.41, 5.74) is 6.17. The molecule has 0 saturated heterocycles. The summed E-state index contributed by atoms with van der Waals surface area (Å²) in [6.45, 7) is -0.0949. The van der Waals surface area contributed by atoms with Crippen molar-refractivity contribution in [1.29, 1.82) is 0 Å². The van der Waals surface area contributed by atoms with E-state index in [4.69, 9.17) is 15.6 Å². The number of thiol groups is 2. The lowest BCUT2D eigenvalue weighted by molar-refractivity contribution is 0.0116. The van der Waals surface area contributed by atoms with Gasteiger partial charge in [-0.05, 0) is 24.5 Å². The van der Waals surface area contributed by atoms with Crippen molar-refractivity contribution in [1.82, 2.24) is 4.98 Å². The Morgan fingerprint density at radius 2 is 2.32 bits per heavy atom. The molecule has 19 heavy (non-hydrogen) atoms. The van der Waals surface area contributed by atoms with Gasteiger partial charge in [0.1, 0.15) is 5.44 Å². The van der Waals surface area contributed by atoms with Gasteiger partial charge in [-0.3, -0.25) is 9.78 Å². The second-order valence-corrected chi connectivity index (χ2v) is 4.95. The number of carbonyl (C=O) groups excluding carboxylic acids is 1. The summed E-state index contributed by atoms with van der Waals surface area (Å²) in [4.78, 5) is 15.1. The zero-order chi connectivity index (χ0) is 14.3. The first-order valence-electron chi connectivity index (χ1n) is 5.86. The van der Waals surface area contributed by atoms with Gasteiger partial charge in [-0.25, -0.2) is 0 Å². The van der Waals surface area contributed by atoms with Gasteiger partial charge in [0, 0.05) is 18.1 Å². The number of aliphatic hydroxyl groups excluding tert-OH is 1. The van der Waals surface area contributed by atoms with Crippen LogP contribution in [0.3, 0.4) is 0 Å². The fraction of sp³-hybridized carbons (Fsp3) is 0.500. The van der Waals surface area contributed by atoms with Crippen molar-refractivity contribution in [3.63, 3.8) is 0 Å². The number of hydrogen-bond donors (Lipinski definition) is 4. The third kappa shape index (κ3) is 5.40. The van der Waals surface area contributed by atoms with Gasteiger partial charge >= 0.3 is 0 Å². The molecule has 7 heteroatoms. The Kier molecular flexibility index (Phi) is 7.22. The highest BCUT2D eigenvalue weighted by Crippen LogP contribution is 2.15. The molecule has 106 valence electrons. The van der Waals surface area contributed by atoms with Gasteiger partial charge in [-0.2, -0.15) is 12.6 Å². The lowest BCUT2D eigenvalue weighted by atomic mass is 10.1. The highest BCUT2D eigenvalue weighted by Gasteiger charge is 2.13. The number of carbonyl (C=O) groups is 1. The quantitative estimate of drug-likeness (QED) is 0.420. The fourth-order valence-electron chi connectivity index (χ4n) is 1.58. The topological polar surface area (TPSA) is 85.4 Å². The maximum atomic E-state index is 11.2. The summed E-state index contributed by atoms with van der Waals surface area (Å²) in [5.74, 6) is -0.0710. The van der Waals surface area contributed by atoms with Crippen LogP contribution in [-0.4, -0.2) is 39.9 Å². The molecule has 0 aliphatic heterocycles. The minimum atomic E-state index is -0.497. The van der Waals surface area contributed by atoms with E-state index in [-0.39, 0.29) is 18.1 Å². The standard InChI is InChI=1S/C12H18N2O3S2/c13-12(16)10-5-14-4-3-8(10)1-2-11(19)17-9(6-15)7-18/h3-5,9,11,15,18-19H,1-2,6-7H2,(H2,13,16). The minimum Gasteiger partial charge on any atom is -0.394 e. The van der Waals surface area contributed by atoms with Gasteiger partial charge in [0.25, 0.3) is 5.91 Å². The minimum absolute atomic E-state index is 0.0949. The highest BCUT2D eigenvalue weighted by molar-refractivity contribution is 7.80. The molecule has 0 fully saturated rings. The van der Waals surface area contributed by atoms with Crippen LogP contribution < -0.4 is 5.73 Å². The Bertz CT molecular complexity index is 414. The number of pyridine rings is 1. The van der Waals surface area contributed by atoms with Crippen molar-refractivity contribution in [3.05, 3.63) is 29.6 Å². The van der Waals surface area contributed by atoms with Crippen LogP contribution in [0.25, 0.3) is 0 Å². The second kappa shape index (κ2) is 8.42. The maximum absolute atomic E-state index is 11.2. The normalized spacial score (nSPS) is 14.1. The van der Waals surface area contributed by atoms with Crippen molar-refractivity contribution in [2.24, 2.45) is 5.73 Å². The first kappa shape index (κ1) is 16.3. The molecule has 1 aromatic rings. The molecule has 1 amide bonds. The first-order chi connectivity index (χ1) is 9.08. The van der Waals surface area contributed by atoms with E-state index in [0.29, 0.717) is 24.2 Å². The van der Waals surface area contributed by atoms with Crippen LogP contribution in [0, 0.1) is 0 Å². The number of amides is 1. The van der Waals surface area contributed by atoms with Crippen LogP contribution in [0.5, 0.6) is 0 Å². The van der Waals surface area contributed by atoms with Crippen molar-refractivity contribution >= 4 is 31.2 Å². The van der Waals surface area contributed by atoms with Crippen LogP contribution in [-0.2, 0) is 11.2 Å². The summed E-state index contributed by atoms with van der Waals surface area (Å²) in [5, 5.41) is 9.00. The van der Waals surface area contributed by atoms with Crippen molar-refractivity contribution < 1.29 is 14.6 Å². The van der Waals surface area contributed by atoms with E-state index in [9.17, 15) is 4.79 Å². The van der Waals surface area contributed by atoms with Crippen molar-refractivity contribution in [2.45, 2.75) is 24.4 Å². The number of aromatic nitrogens is 1. The van der Waals surface area contributed by atoms with Crippen molar-refractivity contribution in [2.75, 3.05) is 12.4 Å². The molecule has 2 atom stereocenters. The molecule has 0 spiro atoms. The van der Waals surface area contributed by atoms with Crippen LogP contribution in [0.15, 0.2) is 18.5 Å². The number of nitrogens with zero attached hydrogens (tertiary/aromatic N) is 1. The van der Waals surface area contributed by atoms with E-state index >= 15 is 0 Å². The third-order valence-corrected chi connectivity index (χ3v) is 3.38. The smallest absolute Gasteiger partial charge is 0.250 e. The van der Waals surface area contributed by atoms with Crippen molar-refractivity contribution in [3.8, 4) is 0 Å². The third-order valence-electron chi connectivity index (χ3n) is 2.59. The zero-order valence-electron chi connectivity index (χ0n) is 10.4. The van der Waals surface area contributed by atoms with Crippen LogP contribution >= 0.6 is 25.3 Å². The van der Waals surface area contributed by atoms with Crippen LogP contribution in [0.1, 0.15) is 22.3 Å². The largest absolute Gasteiger partial charge is 0.394 e. The Balaban J connectivity index is 2.55. The Morgan fingerprint density at radius 3 is 2.89 bits per heavy atom. The van der Waals surface area contributed by atoms with E-state index in [2.05, 4.69) is 30.2 Å². The predicted molar refractivity (Wildman–Crippen MR) is 79.7 cm³/mol. The number of rotatable bonds is 8. The summed E-state index contributed by atoms with van der Waals surface area (Å²) in [6, 6.07) is 1.75.